The summed E-state index contributed by atoms with van der Waals surface area (Å²) in [5, 5.41) is 3.18. The Hall–Kier alpha value is -1.55. The number of carbonyl (C=O) groups excluding carboxylic acids is 1. The first-order valence-corrected chi connectivity index (χ1v) is 8.86. The minimum Gasteiger partial charge on any atom is -0.381 e. The van der Waals surface area contributed by atoms with Crippen LogP contribution >= 0.6 is 0 Å². The van der Waals surface area contributed by atoms with Gasteiger partial charge in [0.2, 0.25) is 0 Å². The van der Waals surface area contributed by atoms with Crippen LogP contribution in [0.5, 0.6) is 0 Å². The molecule has 1 spiro atoms. The van der Waals surface area contributed by atoms with E-state index in [0.29, 0.717) is 0 Å². The van der Waals surface area contributed by atoms with Gasteiger partial charge in [-0.25, -0.2) is 4.79 Å². The number of likely N-dealkylation sites (tertiary alicyclic amines) is 1. The van der Waals surface area contributed by atoms with E-state index in [9.17, 15) is 4.79 Å². The van der Waals surface area contributed by atoms with Crippen LogP contribution in [0.25, 0.3) is 0 Å². The molecule has 126 valence electrons. The molecule has 3 rings (SSSR count). The molecule has 2 saturated heterocycles. The molecule has 2 aliphatic heterocycles. The monoisotopic (exact) mass is 316 g/mol. The Labute approximate surface area is 139 Å². The van der Waals surface area contributed by atoms with Crippen LogP contribution in [-0.4, -0.2) is 37.2 Å². The van der Waals surface area contributed by atoms with Crippen molar-refractivity contribution >= 4 is 11.7 Å². The molecule has 0 unspecified atom stereocenters. The lowest BCUT2D eigenvalue weighted by Gasteiger charge is -2.45. The summed E-state index contributed by atoms with van der Waals surface area (Å²) in [7, 11) is 0. The molecule has 1 aromatic carbocycles. The fourth-order valence-corrected chi connectivity index (χ4v) is 3.98. The summed E-state index contributed by atoms with van der Waals surface area (Å²) in [6, 6.07) is 6.27. The Morgan fingerprint density at radius 2 is 2.09 bits per heavy atom. The van der Waals surface area contributed by atoms with Crippen LogP contribution in [0.15, 0.2) is 18.2 Å². The standard InChI is InChI=1S/C19H28N2O2/c1-3-16-7-4-6-15(2)17(16)20-18(22)21-11-5-8-19(14-21)9-12-23-13-10-19/h4,6-7H,3,5,8-14H2,1-2H3,(H,20,22). The number of para-hydroxylation sites is 1. The van der Waals surface area contributed by atoms with E-state index in [0.717, 1.165) is 63.2 Å². The Bertz CT molecular complexity index is 559. The highest BCUT2D eigenvalue weighted by Crippen LogP contribution is 2.39. The van der Waals surface area contributed by atoms with Gasteiger partial charge in [-0.15, -0.1) is 0 Å². The highest BCUT2D eigenvalue weighted by atomic mass is 16.5. The van der Waals surface area contributed by atoms with Gasteiger partial charge in [0.25, 0.3) is 0 Å². The fourth-order valence-electron chi connectivity index (χ4n) is 3.98. The predicted octanol–water partition coefficient (Wildman–Crippen LogP) is 3.98. The van der Waals surface area contributed by atoms with Crippen molar-refractivity contribution in [2.45, 2.75) is 46.0 Å². The lowest BCUT2D eigenvalue weighted by Crippen LogP contribution is -2.49. The summed E-state index contributed by atoms with van der Waals surface area (Å²) in [5.41, 5.74) is 3.62. The van der Waals surface area contributed by atoms with Crippen molar-refractivity contribution in [1.82, 2.24) is 4.90 Å². The average molecular weight is 316 g/mol. The van der Waals surface area contributed by atoms with Gasteiger partial charge in [0.05, 0.1) is 0 Å². The smallest absolute Gasteiger partial charge is 0.321 e. The molecule has 0 aromatic heterocycles. The van der Waals surface area contributed by atoms with Gasteiger partial charge >= 0.3 is 6.03 Å². The number of anilines is 1. The van der Waals surface area contributed by atoms with Gasteiger partial charge in [-0.05, 0) is 55.6 Å². The molecular formula is C19H28N2O2. The largest absolute Gasteiger partial charge is 0.381 e. The number of piperidine rings is 1. The minimum atomic E-state index is 0.0552. The molecular weight excluding hydrogens is 288 g/mol. The van der Waals surface area contributed by atoms with Gasteiger partial charge in [-0.3, -0.25) is 0 Å². The van der Waals surface area contributed by atoms with Crippen LogP contribution in [-0.2, 0) is 11.2 Å². The summed E-state index contributed by atoms with van der Waals surface area (Å²) in [6.45, 7) is 7.60. The Morgan fingerprint density at radius 3 is 2.83 bits per heavy atom. The summed E-state index contributed by atoms with van der Waals surface area (Å²) < 4.78 is 5.52. The number of benzene rings is 1. The van der Waals surface area contributed by atoms with Crippen molar-refractivity contribution in [3.05, 3.63) is 29.3 Å². The second-order valence-electron chi connectivity index (χ2n) is 7.03. The van der Waals surface area contributed by atoms with Gasteiger partial charge in [0, 0.05) is 32.0 Å². The molecule has 2 amide bonds. The second kappa shape index (κ2) is 6.91. The van der Waals surface area contributed by atoms with Crippen molar-refractivity contribution in [3.8, 4) is 0 Å². The van der Waals surface area contributed by atoms with E-state index in [-0.39, 0.29) is 11.4 Å². The van der Waals surface area contributed by atoms with Crippen molar-refractivity contribution < 1.29 is 9.53 Å². The normalized spacial score (nSPS) is 20.5. The van der Waals surface area contributed by atoms with Crippen LogP contribution in [0.4, 0.5) is 10.5 Å². The van der Waals surface area contributed by atoms with Crippen molar-refractivity contribution in [2.75, 3.05) is 31.6 Å². The first-order valence-electron chi connectivity index (χ1n) is 8.86. The Balaban J connectivity index is 1.71. The number of hydrogen-bond donors (Lipinski definition) is 1. The summed E-state index contributed by atoms with van der Waals surface area (Å²) in [6.07, 6.45) is 5.42. The lowest BCUT2D eigenvalue weighted by atomic mass is 9.74. The number of aryl methyl sites for hydroxylation is 2. The predicted molar refractivity (Wildman–Crippen MR) is 92.9 cm³/mol. The van der Waals surface area contributed by atoms with Crippen molar-refractivity contribution in [2.24, 2.45) is 5.41 Å². The van der Waals surface area contributed by atoms with E-state index >= 15 is 0 Å². The number of ether oxygens (including phenoxy) is 1. The van der Waals surface area contributed by atoms with E-state index < -0.39 is 0 Å². The minimum absolute atomic E-state index is 0.0552. The molecule has 0 saturated carbocycles. The number of amides is 2. The van der Waals surface area contributed by atoms with E-state index in [4.69, 9.17) is 4.74 Å². The molecule has 4 heteroatoms. The van der Waals surface area contributed by atoms with Crippen LogP contribution in [0, 0.1) is 12.3 Å². The first kappa shape index (κ1) is 16.3. The van der Waals surface area contributed by atoms with Gasteiger partial charge in [0.1, 0.15) is 0 Å². The quantitative estimate of drug-likeness (QED) is 0.896. The van der Waals surface area contributed by atoms with Crippen LogP contribution in [0.3, 0.4) is 0 Å². The van der Waals surface area contributed by atoms with Crippen LogP contribution < -0.4 is 5.32 Å². The number of hydrogen-bond acceptors (Lipinski definition) is 2. The van der Waals surface area contributed by atoms with Gasteiger partial charge in [0.15, 0.2) is 0 Å². The lowest BCUT2D eigenvalue weighted by molar-refractivity contribution is -0.0175. The van der Waals surface area contributed by atoms with Crippen LogP contribution in [0.2, 0.25) is 0 Å². The van der Waals surface area contributed by atoms with Gasteiger partial charge in [-0.2, -0.15) is 0 Å². The van der Waals surface area contributed by atoms with Crippen LogP contribution in [0.1, 0.15) is 43.7 Å². The summed E-state index contributed by atoms with van der Waals surface area (Å²) >= 11 is 0. The second-order valence-corrected chi connectivity index (χ2v) is 7.03. The molecule has 0 atom stereocenters. The average Bonchev–Trinajstić information content (AvgIpc) is 2.57. The third-order valence-electron chi connectivity index (χ3n) is 5.47. The maximum absolute atomic E-state index is 12.8. The number of carbonyl (C=O) groups is 1. The molecule has 2 aliphatic rings. The maximum Gasteiger partial charge on any atom is 0.321 e. The maximum atomic E-state index is 12.8. The molecule has 0 bridgehead atoms. The number of nitrogens with zero attached hydrogens (tertiary/aromatic N) is 1. The van der Waals surface area contributed by atoms with Crippen molar-refractivity contribution in [3.63, 3.8) is 0 Å². The van der Waals surface area contributed by atoms with Gasteiger partial charge in [-0.1, -0.05) is 25.1 Å². The molecule has 2 heterocycles. The number of nitrogens with one attached hydrogen (secondary N) is 1. The van der Waals surface area contributed by atoms with E-state index in [1.54, 1.807) is 0 Å². The summed E-state index contributed by atoms with van der Waals surface area (Å²) in [4.78, 5) is 14.8. The highest BCUT2D eigenvalue weighted by Gasteiger charge is 2.38. The van der Waals surface area contributed by atoms with E-state index in [1.165, 1.54) is 12.0 Å². The van der Waals surface area contributed by atoms with Crippen molar-refractivity contribution in [1.29, 1.82) is 0 Å². The molecule has 0 radical (unpaired) electrons. The SMILES string of the molecule is CCc1cccc(C)c1NC(=O)N1CCCC2(CCOCC2)C1. The third kappa shape index (κ3) is 3.52. The molecule has 4 nitrogen and oxygen atoms in total. The molecule has 2 fully saturated rings. The molecule has 23 heavy (non-hydrogen) atoms. The Kier molecular flexibility index (Phi) is 4.90. The highest BCUT2D eigenvalue weighted by molar-refractivity contribution is 5.91. The molecule has 1 aromatic rings. The third-order valence-corrected chi connectivity index (χ3v) is 5.47. The zero-order valence-corrected chi connectivity index (χ0v) is 14.4. The molecule has 1 N–H and O–H groups in total. The first-order chi connectivity index (χ1) is 11.1. The number of rotatable bonds is 2. The topological polar surface area (TPSA) is 41.6 Å². The van der Waals surface area contributed by atoms with Gasteiger partial charge < -0.3 is 15.0 Å². The molecule has 0 aliphatic carbocycles. The zero-order valence-electron chi connectivity index (χ0n) is 14.4. The van der Waals surface area contributed by atoms with E-state index in [2.05, 4.69) is 37.4 Å². The fraction of sp³-hybridized carbons (Fsp3) is 0.632. The Morgan fingerprint density at radius 1 is 1.30 bits per heavy atom. The number of urea groups is 1. The zero-order chi connectivity index (χ0) is 16.3. The van der Waals surface area contributed by atoms with E-state index in [1.807, 2.05) is 4.90 Å². The summed E-state index contributed by atoms with van der Waals surface area (Å²) in [5.74, 6) is 0.